The summed E-state index contributed by atoms with van der Waals surface area (Å²) in [6, 6.07) is 5.11. The number of ketones is 1. The Kier molecular flexibility index (Phi) is 8.83. The van der Waals surface area contributed by atoms with Crippen LogP contribution < -0.4 is 18.9 Å². The molecule has 0 spiro atoms. The average molecular weight is 269 g/mol. The summed E-state index contributed by atoms with van der Waals surface area (Å²) < 4.78 is 0. The summed E-state index contributed by atoms with van der Waals surface area (Å²) in [5, 5.41) is 0.872. The number of carbonyl (C=O) groups is 1. The maximum Gasteiger partial charge on any atom is 1.00 e. The Morgan fingerprint density at radius 2 is 1.75 bits per heavy atom. The quantitative estimate of drug-likeness (QED) is 0.342. The van der Waals surface area contributed by atoms with Crippen LogP contribution in [0.1, 0.15) is 29.6 Å². The van der Waals surface area contributed by atoms with Crippen LogP contribution >= 0.6 is 32.4 Å². The molecular weight excluding hydrogens is 257 g/mol. The van der Waals surface area contributed by atoms with Gasteiger partial charge in [-0.25, -0.2) is 0 Å². The fourth-order valence-corrected chi connectivity index (χ4v) is 2.16. The van der Waals surface area contributed by atoms with Crippen molar-refractivity contribution < 1.29 is 23.7 Å². The number of hydrogen-bond donors (Lipinski definition) is 0. The number of unbranched alkanes of at least 4 members (excludes halogenated alkanes) is 1. The molecule has 0 amide bonds. The minimum Gasteiger partial charge on any atom is -0.558 e. The normalized spacial score (nSPS) is 9.69. The van der Waals surface area contributed by atoms with E-state index in [4.69, 9.17) is 23.2 Å². The molecule has 1 aromatic carbocycles. The molecule has 0 bridgehead atoms. The van der Waals surface area contributed by atoms with Gasteiger partial charge in [-0.05, 0) is 18.6 Å². The zero-order valence-electron chi connectivity index (χ0n) is 9.22. The molecule has 0 unspecified atom stereocenters. The van der Waals surface area contributed by atoms with Crippen molar-refractivity contribution in [2.75, 3.05) is 6.16 Å². The zero-order chi connectivity index (χ0) is 11.3. The summed E-state index contributed by atoms with van der Waals surface area (Å²) in [5.41, 5.74) is 0.454. The van der Waals surface area contributed by atoms with Gasteiger partial charge in [-0.2, -0.15) is 6.16 Å². The molecule has 1 aromatic rings. The van der Waals surface area contributed by atoms with Gasteiger partial charge in [0, 0.05) is 6.42 Å². The standard InChI is InChI=1S/C11H12Cl2OP.Li/c12-8-4-3-5-9(13)11(8)10(14)6-1-2-7-15;/h3-5,15H,1-2,6-7H2;/q-1;+1. The van der Waals surface area contributed by atoms with Crippen LogP contribution in [0.4, 0.5) is 0 Å². The smallest absolute Gasteiger partial charge is 0.558 e. The Labute approximate surface area is 121 Å². The minimum absolute atomic E-state index is 0. The van der Waals surface area contributed by atoms with Crippen molar-refractivity contribution in [2.45, 2.75) is 19.3 Å². The number of carbonyl (C=O) groups excluding carboxylic acids is 1. The Hall–Kier alpha value is 0.497. The van der Waals surface area contributed by atoms with E-state index in [1.54, 1.807) is 18.2 Å². The number of Topliss-reactive ketones (excluding diaryl/α,β-unsaturated/α-hetero) is 1. The summed E-state index contributed by atoms with van der Waals surface area (Å²) in [7, 11) is 3.37. The largest absolute Gasteiger partial charge is 1.00 e. The molecule has 0 heterocycles. The van der Waals surface area contributed by atoms with Gasteiger partial charge < -0.3 is 9.24 Å². The first-order chi connectivity index (χ1) is 7.16. The van der Waals surface area contributed by atoms with Gasteiger partial charge in [0.25, 0.3) is 0 Å². The van der Waals surface area contributed by atoms with E-state index in [0.29, 0.717) is 22.0 Å². The maximum atomic E-state index is 11.8. The molecule has 0 saturated heterocycles. The van der Waals surface area contributed by atoms with Crippen molar-refractivity contribution in [1.29, 1.82) is 0 Å². The first-order valence-electron chi connectivity index (χ1n) is 4.78. The summed E-state index contributed by atoms with van der Waals surface area (Å²) in [6.07, 6.45) is 3.23. The van der Waals surface area contributed by atoms with Crippen LogP contribution in [0.2, 0.25) is 10.0 Å². The molecule has 0 aliphatic heterocycles. The Morgan fingerprint density at radius 3 is 2.25 bits per heavy atom. The average Bonchev–Trinajstić information content (AvgIpc) is 2.18. The first-order valence-corrected chi connectivity index (χ1v) is 6.25. The van der Waals surface area contributed by atoms with Crippen LogP contribution in [0.25, 0.3) is 0 Å². The van der Waals surface area contributed by atoms with Crippen molar-refractivity contribution in [3.63, 3.8) is 0 Å². The van der Waals surface area contributed by atoms with Gasteiger partial charge in [-0.1, -0.05) is 35.7 Å². The van der Waals surface area contributed by atoms with E-state index in [-0.39, 0.29) is 24.6 Å². The van der Waals surface area contributed by atoms with Crippen molar-refractivity contribution in [3.8, 4) is 0 Å². The van der Waals surface area contributed by atoms with Crippen molar-refractivity contribution in [1.82, 2.24) is 0 Å². The van der Waals surface area contributed by atoms with Crippen molar-refractivity contribution >= 4 is 38.2 Å². The molecule has 0 N–H and O–H groups in total. The van der Waals surface area contributed by atoms with E-state index in [1.807, 2.05) is 0 Å². The van der Waals surface area contributed by atoms with E-state index < -0.39 is 0 Å². The molecule has 0 aliphatic carbocycles. The summed E-state index contributed by atoms with van der Waals surface area (Å²) in [6.45, 7) is 0. The van der Waals surface area contributed by atoms with Crippen LogP contribution in [-0.2, 0) is 0 Å². The van der Waals surface area contributed by atoms with Crippen LogP contribution in [0.5, 0.6) is 0 Å². The van der Waals surface area contributed by atoms with Gasteiger partial charge >= 0.3 is 18.9 Å². The topological polar surface area (TPSA) is 17.1 Å². The molecule has 0 fully saturated rings. The van der Waals surface area contributed by atoms with Gasteiger partial charge in [-0.15, -0.1) is 0 Å². The van der Waals surface area contributed by atoms with Crippen LogP contribution in [0.3, 0.4) is 0 Å². The van der Waals surface area contributed by atoms with E-state index >= 15 is 0 Å². The van der Waals surface area contributed by atoms with Gasteiger partial charge in [0.15, 0.2) is 5.78 Å². The predicted molar refractivity (Wildman–Crippen MR) is 67.8 cm³/mol. The van der Waals surface area contributed by atoms with Gasteiger partial charge in [0.1, 0.15) is 0 Å². The maximum absolute atomic E-state index is 11.8. The second kappa shape index (κ2) is 8.57. The summed E-state index contributed by atoms with van der Waals surface area (Å²) >= 11 is 11.8. The first kappa shape index (κ1) is 16.5. The SMILES string of the molecule is O=C(CCCC[PH-])c1c(Cl)cccc1Cl.[Li+]. The molecule has 0 aromatic heterocycles. The second-order valence-electron chi connectivity index (χ2n) is 3.23. The Balaban J connectivity index is 0.00000225. The fraction of sp³-hybridized carbons (Fsp3) is 0.364. The predicted octanol–water partition coefficient (Wildman–Crippen LogP) is 1.49. The van der Waals surface area contributed by atoms with Crippen LogP contribution in [0.15, 0.2) is 18.2 Å². The molecule has 82 valence electrons. The van der Waals surface area contributed by atoms with E-state index in [2.05, 4.69) is 9.24 Å². The number of halogens is 2. The van der Waals surface area contributed by atoms with Crippen molar-refractivity contribution in [3.05, 3.63) is 33.8 Å². The molecule has 5 heteroatoms. The number of benzene rings is 1. The van der Waals surface area contributed by atoms with Crippen LogP contribution in [-0.4, -0.2) is 11.9 Å². The van der Waals surface area contributed by atoms with E-state index in [1.165, 1.54) is 0 Å². The summed E-state index contributed by atoms with van der Waals surface area (Å²) in [5.74, 6) is 0.0192. The van der Waals surface area contributed by atoms with Gasteiger partial charge in [0.05, 0.1) is 15.6 Å². The van der Waals surface area contributed by atoms with Crippen molar-refractivity contribution in [2.24, 2.45) is 0 Å². The molecule has 0 saturated carbocycles. The molecule has 0 radical (unpaired) electrons. The third kappa shape index (κ3) is 4.78. The third-order valence-electron chi connectivity index (χ3n) is 2.07. The number of hydrogen-bond acceptors (Lipinski definition) is 1. The van der Waals surface area contributed by atoms with Crippen LogP contribution in [0, 0.1) is 0 Å². The Bertz CT molecular complexity index is 338. The van der Waals surface area contributed by atoms with Gasteiger partial charge in [-0.3, -0.25) is 4.79 Å². The minimum atomic E-state index is 0. The third-order valence-corrected chi connectivity index (χ3v) is 3.06. The monoisotopic (exact) mass is 268 g/mol. The molecule has 0 aliphatic rings. The summed E-state index contributed by atoms with van der Waals surface area (Å²) in [4.78, 5) is 11.8. The molecule has 16 heavy (non-hydrogen) atoms. The van der Waals surface area contributed by atoms with E-state index in [0.717, 1.165) is 19.0 Å². The van der Waals surface area contributed by atoms with Gasteiger partial charge in [0.2, 0.25) is 0 Å². The Morgan fingerprint density at radius 1 is 1.19 bits per heavy atom. The molecule has 1 rings (SSSR count). The number of rotatable bonds is 5. The molecular formula is C11H12Cl2LiOP. The molecule has 0 atom stereocenters. The fourth-order valence-electron chi connectivity index (χ4n) is 1.30. The van der Waals surface area contributed by atoms with E-state index in [9.17, 15) is 4.79 Å². The molecule has 1 nitrogen and oxygen atoms in total. The zero-order valence-corrected chi connectivity index (χ0v) is 11.7. The second-order valence-corrected chi connectivity index (χ2v) is 4.54.